The lowest BCUT2D eigenvalue weighted by molar-refractivity contribution is 0.168. The molecule has 2 rings (SSSR count). The summed E-state index contributed by atoms with van der Waals surface area (Å²) in [6, 6.07) is 9.41. The van der Waals surface area contributed by atoms with Crippen molar-refractivity contribution in [2.45, 2.75) is 44.2 Å². The third kappa shape index (κ3) is 3.80. The SMILES string of the molecule is CN(C)C(C)(C)CNC1CC(c2cccc(Br)c2)C1. The molecule has 19 heavy (non-hydrogen) atoms. The Morgan fingerprint density at radius 1 is 1.32 bits per heavy atom. The van der Waals surface area contributed by atoms with Gasteiger partial charge in [-0.2, -0.15) is 0 Å². The molecule has 1 aliphatic rings. The number of rotatable bonds is 5. The molecule has 0 radical (unpaired) electrons. The summed E-state index contributed by atoms with van der Waals surface area (Å²) >= 11 is 3.55. The number of nitrogens with zero attached hydrogens (tertiary/aromatic N) is 1. The topological polar surface area (TPSA) is 15.3 Å². The maximum atomic E-state index is 3.70. The summed E-state index contributed by atoms with van der Waals surface area (Å²) in [5.74, 6) is 0.734. The van der Waals surface area contributed by atoms with Gasteiger partial charge in [0.05, 0.1) is 0 Å². The van der Waals surface area contributed by atoms with E-state index < -0.39 is 0 Å². The van der Waals surface area contributed by atoms with Gasteiger partial charge in [-0.25, -0.2) is 0 Å². The first kappa shape index (κ1) is 15.0. The summed E-state index contributed by atoms with van der Waals surface area (Å²) in [4.78, 5) is 2.28. The first-order chi connectivity index (χ1) is 8.88. The minimum atomic E-state index is 0.223. The molecule has 0 amide bonds. The van der Waals surface area contributed by atoms with Crippen molar-refractivity contribution in [3.05, 3.63) is 34.3 Å². The van der Waals surface area contributed by atoms with Crippen LogP contribution in [0.1, 0.15) is 38.2 Å². The van der Waals surface area contributed by atoms with Gasteiger partial charge in [-0.3, -0.25) is 0 Å². The molecule has 0 heterocycles. The van der Waals surface area contributed by atoms with Gasteiger partial charge in [0.1, 0.15) is 0 Å². The minimum Gasteiger partial charge on any atom is -0.312 e. The van der Waals surface area contributed by atoms with Gasteiger partial charge >= 0.3 is 0 Å². The quantitative estimate of drug-likeness (QED) is 0.889. The highest BCUT2D eigenvalue weighted by atomic mass is 79.9. The average Bonchev–Trinajstić information content (AvgIpc) is 2.26. The summed E-state index contributed by atoms with van der Waals surface area (Å²) in [6.07, 6.45) is 2.53. The zero-order chi connectivity index (χ0) is 14.0. The van der Waals surface area contributed by atoms with E-state index in [1.807, 2.05) is 0 Å². The molecule has 0 aromatic heterocycles. The maximum absolute atomic E-state index is 3.70. The molecule has 0 spiro atoms. The average molecular weight is 325 g/mol. The summed E-state index contributed by atoms with van der Waals surface area (Å²) in [5, 5.41) is 3.70. The van der Waals surface area contributed by atoms with Crippen molar-refractivity contribution < 1.29 is 0 Å². The number of halogens is 1. The highest BCUT2D eigenvalue weighted by Gasteiger charge is 2.31. The Balaban J connectivity index is 1.78. The van der Waals surface area contributed by atoms with Crippen molar-refractivity contribution in [1.29, 1.82) is 0 Å². The molecule has 2 nitrogen and oxygen atoms in total. The van der Waals surface area contributed by atoms with Gasteiger partial charge in [-0.05, 0) is 64.4 Å². The molecule has 1 N–H and O–H groups in total. The van der Waals surface area contributed by atoms with Crippen molar-refractivity contribution >= 4 is 15.9 Å². The van der Waals surface area contributed by atoms with Gasteiger partial charge in [-0.15, -0.1) is 0 Å². The molecule has 0 unspecified atom stereocenters. The van der Waals surface area contributed by atoms with Gasteiger partial charge in [0, 0.05) is 22.6 Å². The molecule has 1 aromatic carbocycles. The van der Waals surface area contributed by atoms with Crippen LogP contribution in [0.5, 0.6) is 0 Å². The normalized spacial score (nSPS) is 23.5. The van der Waals surface area contributed by atoms with Gasteiger partial charge < -0.3 is 10.2 Å². The second-order valence-electron chi connectivity index (χ2n) is 6.51. The van der Waals surface area contributed by atoms with Crippen LogP contribution in [0.25, 0.3) is 0 Å². The van der Waals surface area contributed by atoms with Crippen LogP contribution in [0.3, 0.4) is 0 Å². The Hall–Kier alpha value is -0.380. The van der Waals surface area contributed by atoms with Crippen molar-refractivity contribution in [3.8, 4) is 0 Å². The third-order valence-electron chi connectivity index (χ3n) is 4.49. The molecule has 106 valence electrons. The van der Waals surface area contributed by atoms with Gasteiger partial charge in [-0.1, -0.05) is 28.1 Å². The van der Waals surface area contributed by atoms with Crippen LogP contribution in [0.4, 0.5) is 0 Å². The first-order valence-corrected chi connectivity index (χ1v) is 7.84. The van der Waals surface area contributed by atoms with E-state index in [1.165, 1.54) is 22.9 Å². The summed E-state index contributed by atoms with van der Waals surface area (Å²) in [5.41, 5.74) is 1.69. The van der Waals surface area contributed by atoms with E-state index in [2.05, 4.69) is 78.4 Å². The molecule has 1 aliphatic carbocycles. The Morgan fingerprint density at radius 2 is 2.00 bits per heavy atom. The van der Waals surface area contributed by atoms with E-state index in [-0.39, 0.29) is 5.54 Å². The molecule has 1 fully saturated rings. The van der Waals surface area contributed by atoms with Crippen LogP contribution in [-0.4, -0.2) is 37.1 Å². The van der Waals surface area contributed by atoms with Crippen LogP contribution in [-0.2, 0) is 0 Å². The smallest absolute Gasteiger partial charge is 0.0271 e. The van der Waals surface area contributed by atoms with Crippen molar-refractivity contribution in [1.82, 2.24) is 10.2 Å². The minimum absolute atomic E-state index is 0.223. The molecule has 0 bridgehead atoms. The van der Waals surface area contributed by atoms with Gasteiger partial charge in [0.15, 0.2) is 0 Å². The number of likely N-dealkylation sites (N-methyl/N-ethyl adjacent to an activating group) is 1. The van der Waals surface area contributed by atoms with Crippen LogP contribution in [0, 0.1) is 0 Å². The molecule has 3 heteroatoms. The second-order valence-corrected chi connectivity index (χ2v) is 7.42. The van der Waals surface area contributed by atoms with Crippen LogP contribution >= 0.6 is 15.9 Å². The predicted molar refractivity (Wildman–Crippen MR) is 85.7 cm³/mol. The van der Waals surface area contributed by atoms with Gasteiger partial charge in [0.2, 0.25) is 0 Å². The fraction of sp³-hybridized carbons (Fsp3) is 0.625. The Kier molecular flexibility index (Phi) is 4.70. The zero-order valence-corrected chi connectivity index (χ0v) is 14.0. The Labute approximate surface area is 125 Å². The summed E-state index contributed by atoms with van der Waals surface area (Å²) in [7, 11) is 4.29. The molecule has 0 aliphatic heterocycles. The van der Waals surface area contributed by atoms with E-state index in [9.17, 15) is 0 Å². The number of hydrogen-bond donors (Lipinski definition) is 1. The van der Waals surface area contributed by atoms with Crippen molar-refractivity contribution in [3.63, 3.8) is 0 Å². The van der Waals surface area contributed by atoms with E-state index in [1.54, 1.807) is 0 Å². The molecular weight excluding hydrogens is 300 g/mol. The third-order valence-corrected chi connectivity index (χ3v) is 4.99. The first-order valence-electron chi connectivity index (χ1n) is 7.05. The Morgan fingerprint density at radius 3 is 2.58 bits per heavy atom. The standard InChI is InChI=1S/C16H25BrN2/c1-16(2,19(3)4)11-18-15-9-13(10-15)12-6-5-7-14(17)8-12/h5-8,13,15,18H,9-11H2,1-4H3. The van der Waals surface area contributed by atoms with E-state index in [4.69, 9.17) is 0 Å². The highest BCUT2D eigenvalue weighted by molar-refractivity contribution is 9.10. The molecule has 1 aromatic rings. The second kappa shape index (κ2) is 5.94. The fourth-order valence-corrected chi connectivity index (χ4v) is 2.79. The summed E-state index contributed by atoms with van der Waals surface area (Å²) < 4.78 is 1.19. The lowest BCUT2D eigenvalue weighted by Gasteiger charge is -2.40. The summed E-state index contributed by atoms with van der Waals surface area (Å²) in [6.45, 7) is 5.62. The highest BCUT2D eigenvalue weighted by Crippen LogP contribution is 2.37. The van der Waals surface area contributed by atoms with E-state index >= 15 is 0 Å². The molecule has 0 atom stereocenters. The predicted octanol–water partition coefficient (Wildman–Crippen LogP) is 3.62. The van der Waals surface area contributed by atoms with E-state index in [0.29, 0.717) is 6.04 Å². The fourth-order valence-electron chi connectivity index (χ4n) is 2.37. The lowest BCUT2D eigenvalue weighted by Crippen LogP contribution is -2.51. The van der Waals surface area contributed by atoms with Crippen LogP contribution < -0.4 is 5.32 Å². The van der Waals surface area contributed by atoms with Crippen molar-refractivity contribution in [2.24, 2.45) is 0 Å². The molecular formula is C16H25BrN2. The van der Waals surface area contributed by atoms with Crippen molar-refractivity contribution in [2.75, 3.05) is 20.6 Å². The lowest BCUT2D eigenvalue weighted by atomic mass is 9.75. The van der Waals surface area contributed by atoms with Crippen LogP contribution in [0.15, 0.2) is 28.7 Å². The monoisotopic (exact) mass is 324 g/mol. The Bertz CT molecular complexity index is 423. The zero-order valence-electron chi connectivity index (χ0n) is 12.4. The molecule has 1 saturated carbocycles. The number of hydrogen-bond acceptors (Lipinski definition) is 2. The van der Waals surface area contributed by atoms with Gasteiger partial charge in [0.25, 0.3) is 0 Å². The molecule has 0 saturated heterocycles. The maximum Gasteiger partial charge on any atom is 0.0271 e. The van der Waals surface area contributed by atoms with E-state index in [0.717, 1.165) is 12.5 Å². The number of benzene rings is 1. The van der Waals surface area contributed by atoms with Crippen LogP contribution in [0.2, 0.25) is 0 Å². The number of nitrogens with one attached hydrogen (secondary N) is 1. The largest absolute Gasteiger partial charge is 0.312 e.